The zero-order valence-corrected chi connectivity index (χ0v) is 11.3. The molecule has 0 atom stereocenters. The smallest absolute Gasteiger partial charge is 0.396 e. The van der Waals surface area contributed by atoms with Crippen LogP contribution >= 0.6 is 15.9 Å². The lowest BCUT2D eigenvalue weighted by Gasteiger charge is -2.04. The molecule has 0 fully saturated rings. The Morgan fingerprint density at radius 3 is 2.39 bits per heavy atom. The molecular weight excluding hydrogens is 302 g/mol. The summed E-state index contributed by atoms with van der Waals surface area (Å²) in [5, 5.41) is 2.21. The summed E-state index contributed by atoms with van der Waals surface area (Å²) < 4.78 is 5.35. The van der Waals surface area contributed by atoms with Crippen molar-refractivity contribution in [2.75, 3.05) is 13.2 Å². The molecule has 0 unspecified atom stereocenters. The summed E-state index contributed by atoms with van der Waals surface area (Å²) in [5.41, 5.74) is 0.461. The zero-order valence-electron chi connectivity index (χ0n) is 9.73. The van der Waals surface area contributed by atoms with Gasteiger partial charge in [-0.3, -0.25) is 9.59 Å². The number of hydrogen-bond acceptors (Lipinski definition) is 4. The molecule has 0 saturated carbocycles. The number of Topliss-reactive ketones (excluding diaryl/α,β-unsaturated/α-hetero) is 1. The van der Waals surface area contributed by atoms with Gasteiger partial charge in [-0.15, -0.1) is 0 Å². The molecule has 6 heteroatoms. The van der Waals surface area contributed by atoms with E-state index in [1.165, 1.54) is 0 Å². The maximum Gasteiger partial charge on any atom is 0.396 e. The number of carbonyl (C=O) groups is 3. The number of hydrogen-bond donors (Lipinski definition) is 1. The molecule has 0 heterocycles. The Bertz CT molecular complexity index is 456. The van der Waals surface area contributed by atoms with Gasteiger partial charge in [-0.05, 0) is 19.1 Å². The number of nitrogens with one attached hydrogen (secondary N) is 1. The van der Waals surface area contributed by atoms with Crippen LogP contribution in [-0.4, -0.2) is 30.8 Å². The molecule has 1 amide bonds. The van der Waals surface area contributed by atoms with Crippen LogP contribution in [0.2, 0.25) is 0 Å². The fraction of sp³-hybridized carbons (Fsp3) is 0.250. The topological polar surface area (TPSA) is 72.5 Å². The second-order valence-corrected chi connectivity index (χ2v) is 4.25. The van der Waals surface area contributed by atoms with Crippen LogP contribution in [0.15, 0.2) is 28.7 Å². The van der Waals surface area contributed by atoms with Crippen molar-refractivity contribution in [1.29, 1.82) is 0 Å². The molecule has 0 aliphatic heterocycles. The third-order valence-corrected chi connectivity index (χ3v) is 2.57. The Kier molecular flexibility index (Phi) is 5.51. The van der Waals surface area contributed by atoms with E-state index in [0.717, 1.165) is 4.47 Å². The standard InChI is InChI=1S/C12H12BrNO4/c1-2-18-12(17)11(16)14-7-10(15)8-3-5-9(13)6-4-8/h3-6H,2,7H2,1H3,(H,14,16). The highest BCUT2D eigenvalue weighted by Gasteiger charge is 2.15. The van der Waals surface area contributed by atoms with E-state index in [1.54, 1.807) is 31.2 Å². The van der Waals surface area contributed by atoms with E-state index in [2.05, 4.69) is 26.0 Å². The molecule has 0 saturated heterocycles. The van der Waals surface area contributed by atoms with Crippen molar-refractivity contribution < 1.29 is 19.1 Å². The number of ketones is 1. The first kappa shape index (κ1) is 14.4. The number of amides is 1. The van der Waals surface area contributed by atoms with E-state index in [-0.39, 0.29) is 18.9 Å². The lowest BCUT2D eigenvalue weighted by Crippen LogP contribution is -2.36. The fourth-order valence-electron chi connectivity index (χ4n) is 1.17. The van der Waals surface area contributed by atoms with Gasteiger partial charge in [0, 0.05) is 10.0 Å². The predicted octanol–water partition coefficient (Wildman–Crippen LogP) is 1.31. The Hall–Kier alpha value is -1.69. The third-order valence-electron chi connectivity index (χ3n) is 2.04. The maximum atomic E-state index is 11.7. The first-order chi connectivity index (χ1) is 8.54. The highest BCUT2D eigenvalue weighted by Crippen LogP contribution is 2.10. The summed E-state index contributed by atoms with van der Waals surface area (Å²) in [6, 6.07) is 6.70. The van der Waals surface area contributed by atoms with Crippen LogP contribution < -0.4 is 5.32 Å². The van der Waals surface area contributed by atoms with Gasteiger partial charge in [-0.25, -0.2) is 4.79 Å². The minimum absolute atomic E-state index is 0.118. The van der Waals surface area contributed by atoms with E-state index in [9.17, 15) is 14.4 Å². The number of carbonyl (C=O) groups excluding carboxylic acids is 3. The molecule has 1 aromatic rings. The van der Waals surface area contributed by atoms with Crippen LogP contribution in [0.1, 0.15) is 17.3 Å². The van der Waals surface area contributed by atoms with Crippen LogP contribution in [0.3, 0.4) is 0 Å². The van der Waals surface area contributed by atoms with Crippen molar-refractivity contribution in [3.05, 3.63) is 34.3 Å². The summed E-state index contributed by atoms with van der Waals surface area (Å²) in [4.78, 5) is 33.8. The van der Waals surface area contributed by atoms with Gasteiger partial charge in [0.2, 0.25) is 0 Å². The summed E-state index contributed by atoms with van der Waals surface area (Å²) in [6.45, 7) is 1.48. The number of esters is 1. The van der Waals surface area contributed by atoms with Gasteiger partial charge in [0.1, 0.15) is 0 Å². The fourth-order valence-corrected chi connectivity index (χ4v) is 1.43. The van der Waals surface area contributed by atoms with Crippen LogP contribution in [0, 0.1) is 0 Å². The molecule has 1 N–H and O–H groups in total. The van der Waals surface area contributed by atoms with E-state index in [4.69, 9.17) is 0 Å². The summed E-state index contributed by atoms with van der Waals surface area (Å²) >= 11 is 3.25. The molecule has 0 spiro atoms. The molecule has 0 aromatic heterocycles. The normalized spacial score (nSPS) is 9.67. The van der Waals surface area contributed by atoms with Crippen LogP contribution in [0.25, 0.3) is 0 Å². The molecule has 18 heavy (non-hydrogen) atoms. The van der Waals surface area contributed by atoms with Gasteiger partial charge in [-0.2, -0.15) is 0 Å². The Morgan fingerprint density at radius 1 is 1.22 bits per heavy atom. The van der Waals surface area contributed by atoms with Crippen LogP contribution in [-0.2, 0) is 14.3 Å². The van der Waals surface area contributed by atoms with Crippen LogP contribution in [0.5, 0.6) is 0 Å². The molecule has 0 radical (unpaired) electrons. The van der Waals surface area contributed by atoms with Crippen molar-refractivity contribution in [2.24, 2.45) is 0 Å². The van der Waals surface area contributed by atoms with E-state index < -0.39 is 11.9 Å². The zero-order chi connectivity index (χ0) is 13.5. The lowest BCUT2D eigenvalue weighted by atomic mass is 10.1. The van der Waals surface area contributed by atoms with Gasteiger partial charge in [0.25, 0.3) is 0 Å². The summed E-state index contributed by atoms with van der Waals surface area (Å²) in [5.74, 6) is -2.18. The van der Waals surface area contributed by atoms with Gasteiger partial charge >= 0.3 is 11.9 Å². The van der Waals surface area contributed by atoms with Gasteiger partial charge in [0.05, 0.1) is 13.2 Å². The molecule has 1 rings (SSSR count). The third kappa shape index (κ3) is 4.29. The molecule has 96 valence electrons. The predicted molar refractivity (Wildman–Crippen MR) is 68.1 cm³/mol. The van der Waals surface area contributed by atoms with Crippen molar-refractivity contribution in [3.8, 4) is 0 Å². The minimum atomic E-state index is -0.985. The average Bonchev–Trinajstić information content (AvgIpc) is 2.36. The first-order valence-electron chi connectivity index (χ1n) is 5.28. The summed E-state index contributed by atoms with van der Waals surface area (Å²) in [6.07, 6.45) is 0. The second kappa shape index (κ2) is 6.90. The largest absolute Gasteiger partial charge is 0.459 e. The Morgan fingerprint density at radius 2 is 1.83 bits per heavy atom. The molecule has 0 aliphatic carbocycles. The molecule has 0 aliphatic rings. The molecule has 1 aromatic carbocycles. The van der Waals surface area contributed by atoms with Crippen LogP contribution in [0.4, 0.5) is 0 Å². The minimum Gasteiger partial charge on any atom is -0.459 e. The first-order valence-corrected chi connectivity index (χ1v) is 6.07. The average molecular weight is 314 g/mol. The van der Waals surface area contributed by atoms with Crippen molar-refractivity contribution in [1.82, 2.24) is 5.32 Å². The number of benzene rings is 1. The van der Waals surface area contributed by atoms with E-state index in [0.29, 0.717) is 5.56 Å². The molecule has 5 nitrogen and oxygen atoms in total. The van der Waals surface area contributed by atoms with Gasteiger partial charge < -0.3 is 10.1 Å². The van der Waals surface area contributed by atoms with Crippen molar-refractivity contribution in [3.63, 3.8) is 0 Å². The number of ether oxygens (including phenoxy) is 1. The van der Waals surface area contributed by atoms with E-state index >= 15 is 0 Å². The molecule has 0 bridgehead atoms. The number of halogens is 1. The maximum absolute atomic E-state index is 11.7. The Balaban J connectivity index is 2.49. The molecular formula is C12H12BrNO4. The van der Waals surface area contributed by atoms with Gasteiger partial charge in [-0.1, -0.05) is 28.1 Å². The second-order valence-electron chi connectivity index (χ2n) is 3.33. The monoisotopic (exact) mass is 313 g/mol. The highest BCUT2D eigenvalue weighted by molar-refractivity contribution is 9.10. The lowest BCUT2D eigenvalue weighted by molar-refractivity contribution is -0.154. The Labute approximate surface area is 113 Å². The number of rotatable bonds is 4. The van der Waals surface area contributed by atoms with Crippen molar-refractivity contribution in [2.45, 2.75) is 6.92 Å². The quantitative estimate of drug-likeness (QED) is 0.517. The SMILES string of the molecule is CCOC(=O)C(=O)NCC(=O)c1ccc(Br)cc1. The van der Waals surface area contributed by atoms with Gasteiger partial charge in [0.15, 0.2) is 5.78 Å². The summed E-state index contributed by atoms with van der Waals surface area (Å²) in [7, 11) is 0. The highest BCUT2D eigenvalue weighted by atomic mass is 79.9. The van der Waals surface area contributed by atoms with Crippen molar-refractivity contribution >= 4 is 33.6 Å². The van der Waals surface area contributed by atoms with E-state index in [1.807, 2.05) is 0 Å².